The molecule has 3 N–H and O–H groups in total. The highest BCUT2D eigenvalue weighted by atomic mass is 32.2. The van der Waals surface area contributed by atoms with Crippen LogP contribution < -0.4 is 11.1 Å². The smallest absolute Gasteiger partial charge is 0.239 e. The molecule has 4 nitrogen and oxygen atoms in total. The van der Waals surface area contributed by atoms with Crippen molar-refractivity contribution in [1.29, 1.82) is 0 Å². The Morgan fingerprint density at radius 3 is 2.58 bits per heavy atom. The van der Waals surface area contributed by atoms with E-state index in [-0.39, 0.29) is 17.5 Å². The third-order valence-electron chi connectivity index (χ3n) is 2.52. The third kappa shape index (κ3) is 4.63. The molecule has 1 aromatic carbocycles. The largest absolute Gasteiger partial charge is 0.396 e. The van der Waals surface area contributed by atoms with Gasteiger partial charge >= 0.3 is 0 Å². The lowest BCUT2D eigenvalue weighted by Crippen LogP contribution is -2.31. The molecule has 0 saturated heterocycles. The lowest BCUT2D eigenvalue weighted by molar-refractivity contribution is -0.115. The first-order valence-corrected chi connectivity index (χ1v) is 7.42. The standard InChI is InChI=1S/C13H19FN2O2S/c1-8(2)7-19(18)9(3)13(17)16-10-4-5-11(14)12(15)6-10/h4-6,8-9H,7,15H2,1-3H3,(H,16,17). The lowest BCUT2D eigenvalue weighted by atomic mass is 10.2. The van der Waals surface area contributed by atoms with Crippen molar-refractivity contribution in [3.05, 3.63) is 24.0 Å². The highest BCUT2D eigenvalue weighted by Gasteiger charge is 2.20. The second-order valence-corrected chi connectivity index (χ2v) is 6.61. The minimum atomic E-state index is -1.23. The zero-order valence-corrected chi connectivity index (χ0v) is 12.1. The molecular formula is C13H19FN2O2S. The Morgan fingerprint density at radius 2 is 2.05 bits per heavy atom. The van der Waals surface area contributed by atoms with Crippen molar-refractivity contribution in [1.82, 2.24) is 0 Å². The molecule has 1 rings (SSSR count). The normalized spacial score (nSPS) is 14.2. The predicted octanol–water partition coefficient (Wildman–Crippen LogP) is 2.14. The molecule has 2 atom stereocenters. The fraction of sp³-hybridized carbons (Fsp3) is 0.462. The minimum absolute atomic E-state index is 0.0336. The number of benzene rings is 1. The van der Waals surface area contributed by atoms with Gasteiger partial charge in [-0.05, 0) is 31.0 Å². The van der Waals surface area contributed by atoms with Crippen molar-refractivity contribution in [2.75, 3.05) is 16.8 Å². The highest BCUT2D eigenvalue weighted by molar-refractivity contribution is 7.86. The number of hydrogen-bond acceptors (Lipinski definition) is 3. The van der Waals surface area contributed by atoms with Crippen molar-refractivity contribution in [3.8, 4) is 0 Å². The number of carbonyl (C=O) groups excluding carboxylic acids is 1. The molecule has 19 heavy (non-hydrogen) atoms. The van der Waals surface area contributed by atoms with Crippen LogP contribution in [0.5, 0.6) is 0 Å². The molecule has 0 saturated carbocycles. The van der Waals surface area contributed by atoms with E-state index < -0.39 is 21.9 Å². The van der Waals surface area contributed by atoms with Crippen LogP contribution in [0.4, 0.5) is 15.8 Å². The number of carbonyl (C=O) groups is 1. The number of rotatable bonds is 5. The molecule has 0 aliphatic heterocycles. The summed E-state index contributed by atoms with van der Waals surface area (Å²) in [6.45, 7) is 5.51. The van der Waals surface area contributed by atoms with E-state index in [1.807, 2.05) is 13.8 Å². The molecule has 0 aliphatic carbocycles. The van der Waals surface area contributed by atoms with Gasteiger partial charge in [-0.15, -0.1) is 0 Å². The molecule has 0 heterocycles. The van der Waals surface area contributed by atoms with Gasteiger partial charge in [-0.1, -0.05) is 13.8 Å². The van der Waals surface area contributed by atoms with Gasteiger partial charge in [0.15, 0.2) is 0 Å². The van der Waals surface area contributed by atoms with Gasteiger partial charge in [-0.25, -0.2) is 4.39 Å². The molecule has 2 unspecified atom stereocenters. The minimum Gasteiger partial charge on any atom is -0.396 e. The summed E-state index contributed by atoms with van der Waals surface area (Å²) >= 11 is 0. The molecule has 1 amide bonds. The van der Waals surface area contributed by atoms with E-state index in [0.717, 1.165) is 0 Å². The maximum Gasteiger partial charge on any atom is 0.239 e. The van der Waals surface area contributed by atoms with E-state index >= 15 is 0 Å². The fourth-order valence-corrected chi connectivity index (χ4v) is 2.70. The number of anilines is 2. The Hall–Kier alpha value is -1.43. The van der Waals surface area contributed by atoms with Gasteiger partial charge in [-0.3, -0.25) is 9.00 Å². The van der Waals surface area contributed by atoms with E-state index in [1.54, 1.807) is 6.92 Å². The second kappa shape index (κ2) is 6.65. The summed E-state index contributed by atoms with van der Waals surface area (Å²) < 4.78 is 24.9. The molecule has 0 fully saturated rings. The second-order valence-electron chi connectivity index (χ2n) is 4.81. The van der Waals surface area contributed by atoms with Gasteiger partial charge in [0.25, 0.3) is 0 Å². The van der Waals surface area contributed by atoms with Crippen LogP contribution in [0, 0.1) is 11.7 Å². The van der Waals surface area contributed by atoms with E-state index in [9.17, 15) is 13.4 Å². The average molecular weight is 286 g/mol. The highest BCUT2D eigenvalue weighted by Crippen LogP contribution is 2.17. The van der Waals surface area contributed by atoms with Crippen LogP contribution in [-0.4, -0.2) is 21.1 Å². The van der Waals surface area contributed by atoms with Gasteiger partial charge in [0, 0.05) is 22.2 Å². The summed E-state index contributed by atoms with van der Waals surface area (Å²) in [6, 6.07) is 3.94. The van der Waals surface area contributed by atoms with Gasteiger partial charge < -0.3 is 11.1 Å². The van der Waals surface area contributed by atoms with Crippen LogP contribution in [0.3, 0.4) is 0 Å². The zero-order valence-electron chi connectivity index (χ0n) is 11.3. The zero-order chi connectivity index (χ0) is 14.6. The molecule has 0 aromatic heterocycles. The fourth-order valence-electron chi connectivity index (χ4n) is 1.46. The summed E-state index contributed by atoms with van der Waals surface area (Å²) in [4.78, 5) is 11.9. The Morgan fingerprint density at radius 1 is 1.42 bits per heavy atom. The summed E-state index contributed by atoms with van der Waals surface area (Å²) in [7, 11) is -1.23. The summed E-state index contributed by atoms with van der Waals surface area (Å²) in [6.07, 6.45) is 0. The number of hydrogen-bond donors (Lipinski definition) is 2. The first-order valence-electron chi connectivity index (χ1n) is 6.04. The number of amides is 1. The maximum atomic E-state index is 13.0. The molecule has 106 valence electrons. The van der Waals surface area contributed by atoms with Crippen molar-refractivity contribution in [2.45, 2.75) is 26.0 Å². The number of nitrogens with two attached hydrogens (primary N) is 1. The predicted molar refractivity (Wildman–Crippen MR) is 76.8 cm³/mol. The van der Waals surface area contributed by atoms with E-state index in [2.05, 4.69) is 5.32 Å². The van der Waals surface area contributed by atoms with Crippen molar-refractivity contribution < 1.29 is 13.4 Å². The topological polar surface area (TPSA) is 72.2 Å². The molecule has 0 aliphatic rings. The van der Waals surface area contributed by atoms with Gasteiger partial charge in [0.1, 0.15) is 11.1 Å². The molecule has 1 aromatic rings. The van der Waals surface area contributed by atoms with Crippen LogP contribution in [0.25, 0.3) is 0 Å². The average Bonchev–Trinajstić information content (AvgIpc) is 2.32. The van der Waals surface area contributed by atoms with Crippen LogP contribution >= 0.6 is 0 Å². The van der Waals surface area contributed by atoms with Crippen molar-refractivity contribution in [3.63, 3.8) is 0 Å². The van der Waals surface area contributed by atoms with Crippen LogP contribution in [0.2, 0.25) is 0 Å². The molecule has 0 radical (unpaired) electrons. The number of nitrogen functional groups attached to an aromatic ring is 1. The SMILES string of the molecule is CC(C)CS(=O)C(C)C(=O)Nc1ccc(F)c(N)c1. The summed E-state index contributed by atoms with van der Waals surface area (Å²) in [5, 5.41) is 1.97. The van der Waals surface area contributed by atoms with Gasteiger partial charge in [-0.2, -0.15) is 0 Å². The van der Waals surface area contributed by atoms with Crippen molar-refractivity contribution in [2.24, 2.45) is 5.92 Å². The van der Waals surface area contributed by atoms with Crippen molar-refractivity contribution >= 4 is 28.1 Å². The molecular weight excluding hydrogens is 267 g/mol. The quantitative estimate of drug-likeness (QED) is 0.815. The molecule has 6 heteroatoms. The molecule has 0 bridgehead atoms. The van der Waals surface area contributed by atoms with E-state index in [4.69, 9.17) is 5.73 Å². The van der Waals surface area contributed by atoms with Crippen LogP contribution in [-0.2, 0) is 15.6 Å². The Bertz CT molecular complexity index is 492. The van der Waals surface area contributed by atoms with Crippen LogP contribution in [0.1, 0.15) is 20.8 Å². The summed E-state index contributed by atoms with van der Waals surface area (Å²) in [5.74, 6) is -0.155. The Labute approximate surface area is 115 Å². The lowest BCUT2D eigenvalue weighted by Gasteiger charge is -2.13. The summed E-state index contributed by atoms with van der Waals surface area (Å²) in [5.41, 5.74) is 5.78. The molecule has 0 spiro atoms. The monoisotopic (exact) mass is 286 g/mol. The number of halogens is 1. The van der Waals surface area contributed by atoms with Crippen LogP contribution in [0.15, 0.2) is 18.2 Å². The van der Waals surface area contributed by atoms with E-state index in [1.165, 1.54) is 18.2 Å². The van der Waals surface area contributed by atoms with Gasteiger partial charge in [0.05, 0.1) is 5.69 Å². The Balaban J connectivity index is 2.68. The Kier molecular flexibility index (Phi) is 5.47. The van der Waals surface area contributed by atoms with Gasteiger partial charge in [0.2, 0.25) is 5.91 Å². The third-order valence-corrected chi connectivity index (χ3v) is 4.52. The first kappa shape index (κ1) is 15.6. The van der Waals surface area contributed by atoms with E-state index in [0.29, 0.717) is 11.4 Å². The maximum absolute atomic E-state index is 13.0. The first-order chi connectivity index (χ1) is 8.81. The number of nitrogens with one attached hydrogen (secondary N) is 1.